The van der Waals surface area contributed by atoms with Crippen LogP contribution in [0.25, 0.3) is 11.3 Å². The van der Waals surface area contributed by atoms with Crippen LogP contribution in [0.4, 0.5) is 15.8 Å². The molecule has 0 aliphatic carbocycles. The average molecular weight is 364 g/mol. The van der Waals surface area contributed by atoms with Crippen LogP contribution in [0.1, 0.15) is 10.4 Å². The van der Waals surface area contributed by atoms with Gasteiger partial charge in [0.15, 0.2) is 0 Å². The number of amides is 2. The van der Waals surface area contributed by atoms with Crippen molar-refractivity contribution in [1.29, 1.82) is 0 Å². The molecule has 0 spiro atoms. The SMILES string of the molecule is C=CC(=O)Nc1cc(NC(=O)c2cnn(C)c2-c2ccccc2)ccc1F. The number of aryl methyl sites for hydroxylation is 1. The van der Waals surface area contributed by atoms with E-state index < -0.39 is 17.6 Å². The van der Waals surface area contributed by atoms with Crippen LogP contribution < -0.4 is 10.6 Å². The lowest BCUT2D eigenvalue weighted by Crippen LogP contribution is -2.14. The van der Waals surface area contributed by atoms with E-state index >= 15 is 0 Å². The van der Waals surface area contributed by atoms with Crippen LogP contribution in [0.5, 0.6) is 0 Å². The molecule has 3 aromatic rings. The first-order chi connectivity index (χ1) is 13.0. The van der Waals surface area contributed by atoms with Gasteiger partial charge in [-0.15, -0.1) is 0 Å². The molecule has 0 atom stereocenters. The van der Waals surface area contributed by atoms with E-state index in [0.29, 0.717) is 16.9 Å². The van der Waals surface area contributed by atoms with Gasteiger partial charge in [0.1, 0.15) is 5.82 Å². The van der Waals surface area contributed by atoms with Crippen LogP contribution >= 0.6 is 0 Å². The largest absolute Gasteiger partial charge is 0.322 e. The predicted molar refractivity (Wildman–Crippen MR) is 102 cm³/mol. The summed E-state index contributed by atoms with van der Waals surface area (Å²) in [6.45, 7) is 3.32. The first-order valence-corrected chi connectivity index (χ1v) is 8.11. The van der Waals surface area contributed by atoms with Gasteiger partial charge in [0.2, 0.25) is 5.91 Å². The normalized spacial score (nSPS) is 10.3. The second-order valence-corrected chi connectivity index (χ2v) is 5.74. The van der Waals surface area contributed by atoms with Crippen molar-refractivity contribution in [3.05, 3.63) is 78.8 Å². The summed E-state index contributed by atoms with van der Waals surface area (Å²) in [5.41, 5.74) is 2.18. The van der Waals surface area contributed by atoms with Crippen LogP contribution in [0.3, 0.4) is 0 Å². The summed E-state index contributed by atoms with van der Waals surface area (Å²) in [4.78, 5) is 24.1. The molecule has 27 heavy (non-hydrogen) atoms. The Labute approximate surface area is 155 Å². The topological polar surface area (TPSA) is 76.0 Å². The van der Waals surface area contributed by atoms with E-state index in [1.165, 1.54) is 18.3 Å². The van der Waals surface area contributed by atoms with Crippen molar-refractivity contribution in [2.75, 3.05) is 10.6 Å². The number of hydrogen-bond donors (Lipinski definition) is 2. The molecule has 7 heteroatoms. The molecule has 0 saturated carbocycles. The standard InChI is InChI=1S/C20H17FN4O2/c1-3-18(26)24-17-11-14(9-10-16(17)21)23-20(27)15-12-22-25(2)19(15)13-7-5-4-6-8-13/h3-12H,1H2,2H3,(H,23,27)(H,24,26). The number of nitrogens with one attached hydrogen (secondary N) is 2. The summed E-state index contributed by atoms with van der Waals surface area (Å²) in [5, 5.41) is 9.22. The molecule has 3 rings (SSSR count). The Kier molecular flexibility index (Phi) is 5.12. The van der Waals surface area contributed by atoms with Crippen molar-refractivity contribution in [2.24, 2.45) is 7.05 Å². The molecule has 1 heterocycles. The molecule has 0 saturated heterocycles. The van der Waals surface area contributed by atoms with Gasteiger partial charge in [-0.2, -0.15) is 5.10 Å². The Hall–Kier alpha value is -3.74. The molecule has 2 aromatic carbocycles. The Balaban J connectivity index is 1.88. The maximum atomic E-state index is 13.8. The van der Waals surface area contributed by atoms with Gasteiger partial charge in [-0.1, -0.05) is 36.9 Å². The minimum Gasteiger partial charge on any atom is -0.322 e. The first kappa shape index (κ1) is 18.1. The smallest absolute Gasteiger partial charge is 0.259 e. The highest BCUT2D eigenvalue weighted by molar-refractivity contribution is 6.08. The van der Waals surface area contributed by atoms with Gasteiger partial charge in [0.05, 0.1) is 23.1 Å². The number of nitrogens with zero attached hydrogens (tertiary/aromatic N) is 2. The number of hydrogen-bond acceptors (Lipinski definition) is 3. The van der Waals surface area contributed by atoms with E-state index in [0.717, 1.165) is 17.7 Å². The summed E-state index contributed by atoms with van der Waals surface area (Å²) >= 11 is 0. The number of carbonyl (C=O) groups excluding carboxylic acids is 2. The van der Waals surface area contributed by atoms with Crippen molar-refractivity contribution in [3.63, 3.8) is 0 Å². The number of aromatic nitrogens is 2. The lowest BCUT2D eigenvalue weighted by Gasteiger charge is -2.10. The zero-order valence-electron chi connectivity index (χ0n) is 14.6. The van der Waals surface area contributed by atoms with E-state index in [-0.39, 0.29) is 5.69 Å². The second-order valence-electron chi connectivity index (χ2n) is 5.74. The fourth-order valence-electron chi connectivity index (χ4n) is 2.62. The van der Waals surface area contributed by atoms with E-state index in [1.54, 1.807) is 11.7 Å². The van der Waals surface area contributed by atoms with Crippen molar-refractivity contribution < 1.29 is 14.0 Å². The number of halogens is 1. The maximum Gasteiger partial charge on any atom is 0.259 e. The maximum absolute atomic E-state index is 13.8. The van der Waals surface area contributed by atoms with E-state index in [9.17, 15) is 14.0 Å². The third kappa shape index (κ3) is 3.92. The fourth-order valence-corrected chi connectivity index (χ4v) is 2.62. The minimum atomic E-state index is -0.616. The predicted octanol–water partition coefficient (Wildman–Crippen LogP) is 3.60. The zero-order chi connectivity index (χ0) is 19.4. The van der Waals surface area contributed by atoms with Crippen LogP contribution in [-0.2, 0) is 11.8 Å². The van der Waals surface area contributed by atoms with Crippen LogP contribution in [0, 0.1) is 5.82 Å². The Morgan fingerprint density at radius 3 is 2.59 bits per heavy atom. The molecule has 136 valence electrons. The van der Waals surface area contributed by atoms with Crippen molar-refractivity contribution in [3.8, 4) is 11.3 Å². The molecule has 2 N–H and O–H groups in total. The second kappa shape index (κ2) is 7.65. The summed E-state index contributed by atoms with van der Waals surface area (Å²) in [6.07, 6.45) is 2.51. The molecule has 0 bridgehead atoms. The molecule has 0 radical (unpaired) electrons. The van der Waals surface area contributed by atoms with Gasteiger partial charge >= 0.3 is 0 Å². The molecule has 6 nitrogen and oxygen atoms in total. The van der Waals surface area contributed by atoms with Gasteiger partial charge in [-0.25, -0.2) is 4.39 Å². The highest BCUT2D eigenvalue weighted by Crippen LogP contribution is 2.25. The minimum absolute atomic E-state index is 0.0489. The van der Waals surface area contributed by atoms with Crippen molar-refractivity contribution in [2.45, 2.75) is 0 Å². The number of carbonyl (C=O) groups is 2. The lowest BCUT2D eigenvalue weighted by atomic mass is 10.1. The highest BCUT2D eigenvalue weighted by Gasteiger charge is 2.18. The fraction of sp³-hybridized carbons (Fsp3) is 0.0500. The highest BCUT2D eigenvalue weighted by atomic mass is 19.1. The monoisotopic (exact) mass is 364 g/mol. The van der Waals surface area contributed by atoms with Crippen molar-refractivity contribution in [1.82, 2.24) is 9.78 Å². The summed E-state index contributed by atoms with van der Waals surface area (Å²) in [6, 6.07) is 13.3. The van der Waals surface area contributed by atoms with E-state index in [2.05, 4.69) is 22.3 Å². The lowest BCUT2D eigenvalue weighted by molar-refractivity contribution is -0.111. The first-order valence-electron chi connectivity index (χ1n) is 8.11. The molecule has 0 fully saturated rings. The molecular formula is C20H17FN4O2. The third-order valence-corrected chi connectivity index (χ3v) is 3.90. The van der Waals surface area contributed by atoms with E-state index in [1.807, 2.05) is 30.3 Å². The Morgan fingerprint density at radius 2 is 1.89 bits per heavy atom. The van der Waals surface area contributed by atoms with E-state index in [4.69, 9.17) is 0 Å². The summed E-state index contributed by atoms with van der Waals surface area (Å²) < 4.78 is 15.5. The Bertz CT molecular complexity index is 1010. The zero-order valence-corrected chi connectivity index (χ0v) is 14.6. The van der Waals surface area contributed by atoms with Crippen LogP contribution in [-0.4, -0.2) is 21.6 Å². The van der Waals surface area contributed by atoms with Gasteiger partial charge in [0, 0.05) is 18.3 Å². The molecule has 1 aromatic heterocycles. The summed E-state index contributed by atoms with van der Waals surface area (Å²) in [7, 11) is 1.75. The van der Waals surface area contributed by atoms with Gasteiger partial charge < -0.3 is 10.6 Å². The third-order valence-electron chi connectivity index (χ3n) is 3.90. The molecule has 0 unspecified atom stereocenters. The number of anilines is 2. The van der Waals surface area contributed by atoms with Crippen molar-refractivity contribution >= 4 is 23.2 Å². The molecule has 2 amide bonds. The average Bonchev–Trinajstić information content (AvgIpc) is 3.06. The van der Waals surface area contributed by atoms with Gasteiger partial charge in [-0.05, 0) is 24.3 Å². The van der Waals surface area contributed by atoms with Gasteiger partial charge in [0.25, 0.3) is 5.91 Å². The number of rotatable bonds is 5. The molecular weight excluding hydrogens is 347 g/mol. The van der Waals surface area contributed by atoms with Gasteiger partial charge in [-0.3, -0.25) is 14.3 Å². The van der Waals surface area contributed by atoms with Crippen LogP contribution in [0.2, 0.25) is 0 Å². The quantitative estimate of drug-likeness (QED) is 0.679. The number of benzene rings is 2. The summed E-state index contributed by atoms with van der Waals surface area (Å²) in [5.74, 6) is -1.56. The van der Waals surface area contributed by atoms with Crippen LogP contribution in [0.15, 0.2) is 67.4 Å². The molecule has 0 aliphatic heterocycles. The molecule has 0 aliphatic rings. The Morgan fingerprint density at radius 1 is 1.15 bits per heavy atom.